The third-order valence-corrected chi connectivity index (χ3v) is 2.84. The van der Waals surface area contributed by atoms with Gasteiger partial charge in [-0.05, 0) is 36.2 Å². The van der Waals surface area contributed by atoms with E-state index in [0.717, 1.165) is 4.90 Å². The maximum absolute atomic E-state index is 11.7. The van der Waals surface area contributed by atoms with Gasteiger partial charge in [0.25, 0.3) is 5.91 Å². The zero-order valence-electron chi connectivity index (χ0n) is 8.59. The minimum atomic E-state index is -0.0746. The standard InChI is InChI=1S/C13H11NOS/c15-13(11-7-3-1-4-8-11)14-16-12-9-5-2-6-10-12/h1-10H,(H,14,15). The predicted octanol–water partition coefficient (Wildman–Crippen LogP) is 3.12. The summed E-state index contributed by atoms with van der Waals surface area (Å²) in [5.74, 6) is -0.0746. The van der Waals surface area contributed by atoms with Crippen molar-refractivity contribution in [1.29, 1.82) is 0 Å². The average molecular weight is 229 g/mol. The normalized spacial score (nSPS) is 9.75. The lowest BCUT2D eigenvalue weighted by Gasteiger charge is -2.03. The number of nitrogens with one attached hydrogen (secondary N) is 1. The fourth-order valence-electron chi connectivity index (χ4n) is 1.24. The fourth-order valence-corrected chi connectivity index (χ4v) is 1.86. The largest absolute Gasteiger partial charge is 0.292 e. The summed E-state index contributed by atoms with van der Waals surface area (Å²) in [7, 11) is 0. The van der Waals surface area contributed by atoms with Crippen LogP contribution >= 0.6 is 11.9 Å². The monoisotopic (exact) mass is 229 g/mol. The van der Waals surface area contributed by atoms with E-state index in [-0.39, 0.29) is 5.91 Å². The summed E-state index contributed by atoms with van der Waals surface area (Å²) in [6.45, 7) is 0. The number of carbonyl (C=O) groups is 1. The first kappa shape index (κ1) is 10.8. The van der Waals surface area contributed by atoms with E-state index in [1.54, 1.807) is 12.1 Å². The summed E-state index contributed by atoms with van der Waals surface area (Å²) in [5.41, 5.74) is 0.672. The van der Waals surface area contributed by atoms with Crippen LogP contribution in [0.2, 0.25) is 0 Å². The smallest absolute Gasteiger partial charge is 0.261 e. The Morgan fingerprint density at radius 2 is 1.44 bits per heavy atom. The number of rotatable bonds is 3. The SMILES string of the molecule is O=C(NSc1ccccc1)c1ccccc1. The van der Waals surface area contributed by atoms with Crippen LogP contribution < -0.4 is 4.72 Å². The van der Waals surface area contributed by atoms with Crippen LogP contribution in [0.1, 0.15) is 10.4 Å². The van der Waals surface area contributed by atoms with Crippen LogP contribution in [0, 0.1) is 0 Å². The van der Waals surface area contributed by atoms with Crippen LogP contribution in [0.15, 0.2) is 65.6 Å². The van der Waals surface area contributed by atoms with Gasteiger partial charge in [-0.15, -0.1) is 0 Å². The highest BCUT2D eigenvalue weighted by Gasteiger charge is 2.03. The summed E-state index contributed by atoms with van der Waals surface area (Å²) in [6.07, 6.45) is 0. The molecule has 0 saturated heterocycles. The highest BCUT2D eigenvalue weighted by molar-refractivity contribution is 7.98. The number of hydrogen-bond donors (Lipinski definition) is 1. The van der Waals surface area contributed by atoms with Crippen molar-refractivity contribution in [3.8, 4) is 0 Å². The van der Waals surface area contributed by atoms with E-state index in [0.29, 0.717) is 5.56 Å². The lowest BCUT2D eigenvalue weighted by molar-refractivity contribution is 0.0984. The van der Waals surface area contributed by atoms with Crippen molar-refractivity contribution < 1.29 is 4.79 Å². The van der Waals surface area contributed by atoms with E-state index in [1.165, 1.54) is 11.9 Å². The van der Waals surface area contributed by atoms with Gasteiger partial charge < -0.3 is 0 Å². The number of carbonyl (C=O) groups excluding carboxylic acids is 1. The highest BCUT2D eigenvalue weighted by atomic mass is 32.2. The zero-order chi connectivity index (χ0) is 11.2. The molecule has 0 unspecified atom stereocenters. The first-order chi connectivity index (χ1) is 7.86. The predicted molar refractivity (Wildman–Crippen MR) is 66.2 cm³/mol. The number of amides is 1. The molecule has 0 aliphatic carbocycles. The average Bonchev–Trinajstić information content (AvgIpc) is 2.38. The van der Waals surface area contributed by atoms with Gasteiger partial charge in [0.1, 0.15) is 0 Å². The molecule has 2 aromatic rings. The Bertz CT molecular complexity index is 456. The molecule has 0 saturated carbocycles. The lowest BCUT2D eigenvalue weighted by atomic mass is 10.2. The second kappa shape index (κ2) is 5.37. The quantitative estimate of drug-likeness (QED) is 0.819. The van der Waals surface area contributed by atoms with Crippen molar-refractivity contribution in [2.75, 3.05) is 0 Å². The van der Waals surface area contributed by atoms with Gasteiger partial charge in [0.15, 0.2) is 0 Å². The minimum absolute atomic E-state index is 0.0746. The molecule has 0 radical (unpaired) electrons. The molecule has 1 N–H and O–H groups in total. The van der Waals surface area contributed by atoms with Gasteiger partial charge in [-0.25, -0.2) is 0 Å². The van der Waals surface area contributed by atoms with Crippen LogP contribution in [0.25, 0.3) is 0 Å². The topological polar surface area (TPSA) is 29.1 Å². The Hall–Kier alpha value is -1.74. The van der Waals surface area contributed by atoms with Crippen LogP contribution in [0.5, 0.6) is 0 Å². The van der Waals surface area contributed by atoms with Gasteiger partial charge in [0.05, 0.1) is 0 Å². The molecule has 0 aliphatic heterocycles. The Morgan fingerprint density at radius 3 is 2.06 bits per heavy atom. The summed E-state index contributed by atoms with van der Waals surface area (Å²) < 4.78 is 2.79. The maximum atomic E-state index is 11.7. The van der Waals surface area contributed by atoms with Crippen LogP contribution in [0.3, 0.4) is 0 Å². The third kappa shape index (κ3) is 2.87. The van der Waals surface area contributed by atoms with E-state index in [4.69, 9.17) is 0 Å². The molecule has 0 atom stereocenters. The van der Waals surface area contributed by atoms with E-state index in [1.807, 2.05) is 48.5 Å². The molecule has 0 spiro atoms. The van der Waals surface area contributed by atoms with Gasteiger partial charge >= 0.3 is 0 Å². The van der Waals surface area contributed by atoms with Crippen molar-refractivity contribution in [3.63, 3.8) is 0 Å². The van der Waals surface area contributed by atoms with Gasteiger partial charge in [0, 0.05) is 10.5 Å². The first-order valence-electron chi connectivity index (χ1n) is 4.93. The van der Waals surface area contributed by atoms with Gasteiger partial charge in [-0.3, -0.25) is 9.52 Å². The second-order valence-electron chi connectivity index (χ2n) is 3.21. The molecule has 2 nitrogen and oxygen atoms in total. The van der Waals surface area contributed by atoms with E-state index in [2.05, 4.69) is 4.72 Å². The molecular formula is C13H11NOS. The number of benzene rings is 2. The minimum Gasteiger partial charge on any atom is -0.292 e. The van der Waals surface area contributed by atoms with Crippen molar-refractivity contribution in [3.05, 3.63) is 66.2 Å². The van der Waals surface area contributed by atoms with E-state index >= 15 is 0 Å². The molecule has 0 aliphatic rings. The van der Waals surface area contributed by atoms with Crippen LogP contribution in [0.4, 0.5) is 0 Å². The van der Waals surface area contributed by atoms with Crippen molar-refractivity contribution in [2.24, 2.45) is 0 Å². The zero-order valence-corrected chi connectivity index (χ0v) is 9.41. The van der Waals surface area contributed by atoms with Gasteiger partial charge in [-0.2, -0.15) is 0 Å². The Morgan fingerprint density at radius 1 is 0.875 bits per heavy atom. The first-order valence-corrected chi connectivity index (χ1v) is 5.75. The molecule has 0 bridgehead atoms. The van der Waals surface area contributed by atoms with Crippen molar-refractivity contribution >= 4 is 17.9 Å². The molecule has 0 fully saturated rings. The van der Waals surface area contributed by atoms with Crippen molar-refractivity contribution in [2.45, 2.75) is 4.90 Å². The van der Waals surface area contributed by atoms with Crippen LogP contribution in [-0.2, 0) is 0 Å². The van der Waals surface area contributed by atoms with Gasteiger partial charge in [0.2, 0.25) is 0 Å². The molecular weight excluding hydrogens is 218 g/mol. The Labute approximate surface area is 98.8 Å². The summed E-state index contributed by atoms with van der Waals surface area (Å²) in [5, 5.41) is 0. The Kier molecular flexibility index (Phi) is 3.62. The maximum Gasteiger partial charge on any atom is 0.261 e. The third-order valence-electron chi connectivity index (χ3n) is 2.04. The molecule has 2 aromatic carbocycles. The fraction of sp³-hybridized carbons (Fsp3) is 0. The van der Waals surface area contributed by atoms with Crippen LogP contribution in [-0.4, -0.2) is 5.91 Å². The molecule has 3 heteroatoms. The summed E-state index contributed by atoms with van der Waals surface area (Å²) >= 11 is 1.32. The lowest BCUT2D eigenvalue weighted by Crippen LogP contribution is -2.15. The molecule has 0 heterocycles. The summed E-state index contributed by atoms with van der Waals surface area (Å²) in [6, 6.07) is 18.9. The molecule has 1 amide bonds. The number of hydrogen-bond acceptors (Lipinski definition) is 2. The van der Waals surface area contributed by atoms with E-state index in [9.17, 15) is 4.79 Å². The summed E-state index contributed by atoms with van der Waals surface area (Å²) in [4.78, 5) is 12.7. The second-order valence-corrected chi connectivity index (χ2v) is 4.09. The Balaban J connectivity index is 1.95. The molecule has 0 aromatic heterocycles. The van der Waals surface area contributed by atoms with E-state index < -0.39 is 0 Å². The molecule has 16 heavy (non-hydrogen) atoms. The highest BCUT2D eigenvalue weighted by Crippen LogP contribution is 2.13. The molecule has 2 rings (SSSR count). The van der Waals surface area contributed by atoms with Crippen molar-refractivity contribution in [1.82, 2.24) is 4.72 Å². The molecule has 80 valence electrons. The van der Waals surface area contributed by atoms with Gasteiger partial charge in [-0.1, -0.05) is 36.4 Å².